The van der Waals surface area contributed by atoms with Gasteiger partial charge in [0.1, 0.15) is 11.0 Å². The van der Waals surface area contributed by atoms with Gasteiger partial charge in [0, 0.05) is 4.70 Å². The smallest absolute Gasteiger partial charge is 0.233 e. The molecule has 0 aliphatic heterocycles. The molecule has 0 radical (unpaired) electrons. The highest BCUT2D eigenvalue weighted by Gasteiger charge is 2.29. The van der Waals surface area contributed by atoms with E-state index in [1.165, 1.54) is 7.11 Å². The van der Waals surface area contributed by atoms with Crippen LogP contribution < -0.4 is 4.74 Å². The van der Waals surface area contributed by atoms with Crippen LogP contribution in [0.3, 0.4) is 0 Å². The molecule has 8 heteroatoms. The number of ether oxygens (including phenoxy) is 1. The molecule has 0 aliphatic rings. The van der Waals surface area contributed by atoms with Crippen molar-refractivity contribution in [2.45, 2.75) is 11.0 Å². The maximum absolute atomic E-state index is 13.1. The average Bonchev–Trinajstić information content (AvgIpc) is 3.13. The van der Waals surface area contributed by atoms with Crippen molar-refractivity contribution in [2.24, 2.45) is 0 Å². The number of carbonyl (C=O) groups is 1. The maximum Gasteiger partial charge on any atom is 0.233 e. The van der Waals surface area contributed by atoms with E-state index in [1.807, 2.05) is 23.6 Å². The molecule has 1 unspecified atom stereocenters. The Bertz CT molecular complexity index is 1030. The predicted octanol–water partition coefficient (Wildman–Crippen LogP) is 3.41. The predicted molar refractivity (Wildman–Crippen MR) is 105 cm³/mol. The normalized spacial score (nSPS) is 12.7. The molecule has 1 amide bonds. The minimum Gasteiger partial charge on any atom is -0.497 e. The van der Waals surface area contributed by atoms with Gasteiger partial charge in [-0.25, -0.2) is 13.5 Å². The number of hydrogen-bond acceptors (Lipinski definition) is 6. The monoisotopic (exact) mass is 405 g/mol. The zero-order chi connectivity index (χ0) is 19.4. The molecule has 0 bridgehead atoms. The molecule has 0 aliphatic carbocycles. The van der Waals surface area contributed by atoms with Gasteiger partial charge in [0.2, 0.25) is 6.41 Å². The first kappa shape index (κ1) is 19.3. The van der Waals surface area contributed by atoms with Crippen molar-refractivity contribution < 1.29 is 23.2 Å². The van der Waals surface area contributed by atoms with E-state index < -0.39 is 15.1 Å². The van der Waals surface area contributed by atoms with E-state index in [-0.39, 0.29) is 18.7 Å². The number of carbonyl (C=O) groups excluding carboxylic acids is 1. The van der Waals surface area contributed by atoms with Crippen LogP contribution in [0.25, 0.3) is 10.1 Å². The lowest BCUT2D eigenvalue weighted by atomic mass is 10.1. The van der Waals surface area contributed by atoms with Crippen LogP contribution in [0, 0.1) is 0 Å². The van der Waals surface area contributed by atoms with Crippen molar-refractivity contribution in [3.63, 3.8) is 0 Å². The van der Waals surface area contributed by atoms with E-state index in [1.54, 1.807) is 41.7 Å². The van der Waals surface area contributed by atoms with E-state index in [9.17, 15) is 18.4 Å². The lowest BCUT2D eigenvalue weighted by molar-refractivity contribution is -0.149. The summed E-state index contributed by atoms with van der Waals surface area (Å²) in [6, 6.07) is 14.0. The summed E-state index contributed by atoms with van der Waals surface area (Å²) in [6.07, 6.45) is 0.198. The molecule has 0 saturated carbocycles. The van der Waals surface area contributed by atoms with Crippen molar-refractivity contribution in [1.29, 1.82) is 0 Å². The fourth-order valence-corrected chi connectivity index (χ4v) is 5.46. The highest BCUT2D eigenvalue weighted by atomic mass is 32.2. The van der Waals surface area contributed by atoms with Gasteiger partial charge in [0.05, 0.1) is 19.4 Å². The van der Waals surface area contributed by atoms with Gasteiger partial charge in [-0.15, -0.1) is 11.3 Å². The summed E-state index contributed by atoms with van der Waals surface area (Å²) in [5, 5.41) is 11.9. The summed E-state index contributed by atoms with van der Waals surface area (Å²) >= 11 is 1.59. The van der Waals surface area contributed by atoms with Crippen LogP contribution >= 0.6 is 11.3 Å². The fourth-order valence-electron chi connectivity index (χ4n) is 2.90. The van der Waals surface area contributed by atoms with Crippen LogP contribution in [0.15, 0.2) is 53.9 Å². The topological polar surface area (TPSA) is 83.9 Å². The van der Waals surface area contributed by atoms with E-state index >= 15 is 0 Å². The highest BCUT2D eigenvalue weighted by molar-refractivity contribution is 7.90. The number of sulfone groups is 1. The Kier molecular flexibility index (Phi) is 5.79. The third-order valence-corrected chi connectivity index (χ3v) is 7.20. The minimum atomic E-state index is -3.70. The first-order valence-corrected chi connectivity index (χ1v) is 10.7. The average molecular weight is 405 g/mol. The summed E-state index contributed by atoms with van der Waals surface area (Å²) in [5.41, 5.74) is 1.14. The molecule has 1 heterocycles. The van der Waals surface area contributed by atoms with Gasteiger partial charge in [-0.05, 0) is 52.2 Å². The SMILES string of the molecule is COc1ccc(C(CN(O)C=O)S(=O)(=O)Cc2ccc3sccc3c2)cc1. The zero-order valence-electron chi connectivity index (χ0n) is 14.6. The molecule has 1 aromatic heterocycles. The fraction of sp³-hybridized carbons (Fsp3) is 0.211. The van der Waals surface area contributed by atoms with Gasteiger partial charge in [-0.3, -0.25) is 10.0 Å². The lowest BCUT2D eigenvalue weighted by Crippen LogP contribution is -2.29. The van der Waals surface area contributed by atoms with Crippen LogP contribution in [0.4, 0.5) is 0 Å². The Morgan fingerprint density at radius 1 is 1.19 bits per heavy atom. The lowest BCUT2D eigenvalue weighted by Gasteiger charge is -2.21. The van der Waals surface area contributed by atoms with Crippen molar-refractivity contribution >= 4 is 37.7 Å². The standard InChI is InChI=1S/C19H19NO5S2/c1-25-17-5-3-15(4-6-17)19(11-20(22)13-21)27(23,24)12-14-2-7-18-16(10-14)8-9-26-18/h2-10,13,19,22H,11-12H2,1H3. The molecule has 6 nitrogen and oxygen atoms in total. The Balaban J connectivity index is 1.93. The molecule has 142 valence electrons. The molecule has 3 aromatic rings. The number of rotatable bonds is 8. The summed E-state index contributed by atoms with van der Waals surface area (Å²) in [7, 11) is -2.18. The van der Waals surface area contributed by atoms with Crippen LogP contribution in [0.1, 0.15) is 16.4 Å². The van der Waals surface area contributed by atoms with Crippen LogP contribution in [-0.4, -0.2) is 38.8 Å². The summed E-state index contributed by atoms with van der Waals surface area (Å²) in [5.74, 6) is 0.399. The molecule has 2 aromatic carbocycles. The first-order valence-electron chi connectivity index (χ1n) is 8.15. The molecule has 3 rings (SSSR count). The Morgan fingerprint density at radius 2 is 1.93 bits per heavy atom. The molecule has 1 atom stereocenters. The molecule has 27 heavy (non-hydrogen) atoms. The van der Waals surface area contributed by atoms with Crippen LogP contribution in [-0.2, 0) is 20.4 Å². The van der Waals surface area contributed by atoms with E-state index in [0.717, 1.165) is 10.1 Å². The van der Waals surface area contributed by atoms with Crippen LogP contribution in [0.5, 0.6) is 5.75 Å². The van der Waals surface area contributed by atoms with Crippen molar-refractivity contribution in [3.8, 4) is 5.75 Å². The number of hydrogen-bond donors (Lipinski definition) is 1. The molecular formula is C19H19NO5S2. The number of benzene rings is 2. The summed E-state index contributed by atoms with van der Waals surface area (Å²) in [4.78, 5) is 10.8. The van der Waals surface area contributed by atoms with Gasteiger partial charge < -0.3 is 4.74 Å². The van der Waals surface area contributed by atoms with E-state index in [2.05, 4.69) is 0 Å². The van der Waals surface area contributed by atoms with Gasteiger partial charge in [0.25, 0.3) is 0 Å². The highest BCUT2D eigenvalue weighted by Crippen LogP contribution is 2.29. The number of fused-ring (bicyclic) bond motifs is 1. The third-order valence-electron chi connectivity index (χ3n) is 4.28. The largest absolute Gasteiger partial charge is 0.497 e. The summed E-state index contributed by atoms with van der Waals surface area (Å²) in [6.45, 7) is -0.348. The molecule has 1 N–H and O–H groups in total. The second kappa shape index (κ2) is 8.08. The Hall–Kier alpha value is -2.42. The molecule has 0 saturated heterocycles. The van der Waals surface area contributed by atoms with Gasteiger partial charge in [-0.1, -0.05) is 18.2 Å². The van der Waals surface area contributed by atoms with Gasteiger partial charge in [0.15, 0.2) is 9.84 Å². The number of thiophene rings is 1. The number of amides is 1. The van der Waals surface area contributed by atoms with E-state index in [0.29, 0.717) is 21.9 Å². The maximum atomic E-state index is 13.1. The minimum absolute atomic E-state index is 0.192. The Labute approximate surface area is 161 Å². The quantitative estimate of drug-likeness (QED) is 0.353. The van der Waals surface area contributed by atoms with Crippen molar-refractivity contribution in [1.82, 2.24) is 5.06 Å². The molecular weight excluding hydrogens is 386 g/mol. The third kappa shape index (κ3) is 4.47. The zero-order valence-corrected chi connectivity index (χ0v) is 16.2. The summed E-state index contributed by atoms with van der Waals surface area (Å²) < 4.78 is 32.4. The Morgan fingerprint density at radius 3 is 2.59 bits per heavy atom. The first-order chi connectivity index (χ1) is 12.9. The number of methoxy groups -OCH3 is 1. The second-order valence-corrected chi connectivity index (χ2v) is 9.22. The molecule has 0 fully saturated rings. The number of nitrogens with zero attached hydrogens (tertiary/aromatic N) is 1. The van der Waals surface area contributed by atoms with Gasteiger partial charge in [-0.2, -0.15) is 0 Å². The van der Waals surface area contributed by atoms with Crippen LogP contribution in [0.2, 0.25) is 0 Å². The molecule has 0 spiro atoms. The number of hydroxylamine groups is 2. The van der Waals surface area contributed by atoms with E-state index in [4.69, 9.17) is 4.74 Å². The van der Waals surface area contributed by atoms with Crippen molar-refractivity contribution in [3.05, 3.63) is 65.0 Å². The van der Waals surface area contributed by atoms with Crippen molar-refractivity contribution in [2.75, 3.05) is 13.7 Å². The van der Waals surface area contributed by atoms with Gasteiger partial charge >= 0.3 is 0 Å². The second-order valence-electron chi connectivity index (χ2n) is 6.09.